The number of halogens is 2. The summed E-state index contributed by atoms with van der Waals surface area (Å²) in [5.41, 5.74) is 0.545. The number of benzene rings is 1. The summed E-state index contributed by atoms with van der Waals surface area (Å²) in [4.78, 5) is 0. The molecule has 1 aromatic rings. The molecule has 2 nitrogen and oxygen atoms in total. The third-order valence-corrected chi connectivity index (χ3v) is 5.04. The highest BCUT2D eigenvalue weighted by Gasteiger charge is 2.19. The fourth-order valence-corrected chi connectivity index (χ4v) is 3.07. The largest absolute Gasteiger partial charge is 0.249 e. The van der Waals surface area contributed by atoms with Crippen molar-refractivity contribution in [3.63, 3.8) is 0 Å². The Kier molecular flexibility index (Phi) is 2.73. The Morgan fingerprint density at radius 3 is 2.57 bits per heavy atom. The first-order chi connectivity index (χ1) is 6.59. The number of nitrogens with zero attached hydrogens (tertiary/aromatic N) is 1. The van der Waals surface area contributed by atoms with E-state index in [0.717, 1.165) is 6.42 Å². The quantitative estimate of drug-likeness (QED) is 0.750. The summed E-state index contributed by atoms with van der Waals surface area (Å²) in [6.07, 6.45) is 0.987. The SMILES string of the molecule is O=S1(=Nc2cc(Cl)ccc2Cl)CCC1. The summed E-state index contributed by atoms with van der Waals surface area (Å²) in [6, 6.07) is 5.01. The van der Waals surface area contributed by atoms with Gasteiger partial charge in [-0.3, -0.25) is 0 Å². The summed E-state index contributed by atoms with van der Waals surface area (Å²) in [7, 11) is -2.00. The summed E-state index contributed by atoms with van der Waals surface area (Å²) in [5.74, 6) is 1.35. The van der Waals surface area contributed by atoms with E-state index in [9.17, 15) is 4.21 Å². The zero-order valence-corrected chi connectivity index (χ0v) is 9.70. The second-order valence-corrected chi connectivity index (χ2v) is 6.61. The maximum atomic E-state index is 11.8. The van der Waals surface area contributed by atoms with Crippen LogP contribution in [0.4, 0.5) is 5.69 Å². The van der Waals surface area contributed by atoms with Gasteiger partial charge in [0.05, 0.1) is 20.4 Å². The first-order valence-corrected chi connectivity index (χ1v) is 6.88. The van der Waals surface area contributed by atoms with E-state index in [0.29, 0.717) is 27.2 Å². The van der Waals surface area contributed by atoms with E-state index in [1.807, 2.05) is 0 Å². The molecule has 0 unspecified atom stereocenters. The van der Waals surface area contributed by atoms with Gasteiger partial charge in [-0.25, -0.2) is 4.21 Å². The van der Waals surface area contributed by atoms with Gasteiger partial charge in [-0.15, -0.1) is 0 Å². The number of hydrogen-bond acceptors (Lipinski definition) is 2. The molecule has 0 amide bonds. The average Bonchev–Trinajstić information content (AvgIpc) is 2.09. The van der Waals surface area contributed by atoms with Crippen molar-refractivity contribution < 1.29 is 4.21 Å². The van der Waals surface area contributed by atoms with Crippen molar-refractivity contribution in [3.8, 4) is 0 Å². The molecule has 0 spiro atoms. The minimum Gasteiger partial charge on any atom is -0.249 e. The summed E-state index contributed by atoms with van der Waals surface area (Å²) >= 11 is 11.7. The Bertz CT molecular complexity index is 468. The van der Waals surface area contributed by atoms with E-state index in [2.05, 4.69) is 4.36 Å². The molecule has 14 heavy (non-hydrogen) atoms. The van der Waals surface area contributed by atoms with Crippen molar-refractivity contribution in [1.29, 1.82) is 0 Å². The predicted molar refractivity (Wildman–Crippen MR) is 61.0 cm³/mol. The minimum atomic E-state index is -2.00. The van der Waals surface area contributed by atoms with Crippen molar-refractivity contribution in [1.82, 2.24) is 0 Å². The van der Waals surface area contributed by atoms with Gasteiger partial charge in [-0.2, -0.15) is 4.36 Å². The van der Waals surface area contributed by atoms with Crippen LogP contribution in [0.15, 0.2) is 22.6 Å². The van der Waals surface area contributed by atoms with Crippen LogP contribution in [0.25, 0.3) is 0 Å². The molecule has 0 aromatic heterocycles. The van der Waals surface area contributed by atoms with Gasteiger partial charge >= 0.3 is 0 Å². The standard InChI is InChI=1S/C9H9Cl2NOS/c10-7-2-3-8(11)9(6-7)12-14(13)4-1-5-14/h2-3,6H,1,4-5H2. The molecule has 0 saturated carbocycles. The molecular formula is C9H9Cl2NOS. The number of hydrogen-bond donors (Lipinski definition) is 0. The third kappa shape index (κ3) is 2.05. The van der Waals surface area contributed by atoms with Gasteiger partial charge in [-0.1, -0.05) is 23.2 Å². The molecule has 0 bridgehead atoms. The fraction of sp³-hybridized carbons (Fsp3) is 0.333. The smallest absolute Gasteiger partial charge is 0.0931 e. The van der Waals surface area contributed by atoms with Gasteiger partial charge in [0.1, 0.15) is 0 Å². The third-order valence-electron chi connectivity index (χ3n) is 2.10. The van der Waals surface area contributed by atoms with Crippen LogP contribution in [0.1, 0.15) is 6.42 Å². The molecule has 0 N–H and O–H groups in total. The Morgan fingerprint density at radius 1 is 1.29 bits per heavy atom. The second-order valence-electron chi connectivity index (χ2n) is 3.22. The van der Waals surface area contributed by atoms with Gasteiger partial charge in [0, 0.05) is 16.5 Å². The van der Waals surface area contributed by atoms with Crippen LogP contribution in [0.5, 0.6) is 0 Å². The van der Waals surface area contributed by atoms with Gasteiger partial charge in [0.2, 0.25) is 0 Å². The van der Waals surface area contributed by atoms with Gasteiger partial charge in [-0.05, 0) is 24.6 Å². The highest BCUT2D eigenvalue weighted by Crippen LogP contribution is 2.31. The molecule has 2 rings (SSSR count). The fourth-order valence-electron chi connectivity index (χ4n) is 1.22. The van der Waals surface area contributed by atoms with Crippen LogP contribution in [0.2, 0.25) is 10.0 Å². The first kappa shape index (κ1) is 10.3. The number of rotatable bonds is 1. The summed E-state index contributed by atoms with van der Waals surface area (Å²) in [5, 5.41) is 1.07. The van der Waals surface area contributed by atoms with Crippen molar-refractivity contribution >= 4 is 38.6 Å². The molecule has 0 radical (unpaired) electrons. The lowest BCUT2D eigenvalue weighted by Crippen LogP contribution is -2.22. The van der Waals surface area contributed by atoms with E-state index in [-0.39, 0.29) is 0 Å². The Balaban J connectivity index is 2.47. The Hall–Kier alpha value is -0.250. The molecule has 76 valence electrons. The van der Waals surface area contributed by atoms with E-state index in [4.69, 9.17) is 23.2 Å². The van der Waals surface area contributed by atoms with Crippen LogP contribution >= 0.6 is 23.2 Å². The van der Waals surface area contributed by atoms with Crippen molar-refractivity contribution in [2.75, 3.05) is 11.5 Å². The molecule has 5 heteroatoms. The van der Waals surface area contributed by atoms with Crippen LogP contribution < -0.4 is 0 Å². The minimum absolute atomic E-state index is 0.504. The highest BCUT2D eigenvalue weighted by atomic mass is 35.5. The molecule has 1 heterocycles. The Morgan fingerprint density at radius 2 is 2.00 bits per heavy atom. The van der Waals surface area contributed by atoms with Gasteiger partial charge in [0.25, 0.3) is 0 Å². The highest BCUT2D eigenvalue weighted by molar-refractivity contribution is 7.95. The molecule has 1 aliphatic heterocycles. The summed E-state index contributed by atoms with van der Waals surface area (Å²) < 4.78 is 16.0. The molecular weight excluding hydrogens is 241 g/mol. The van der Waals surface area contributed by atoms with Crippen molar-refractivity contribution in [3.05, 3.63) is 28.2 Å². The lowest BCUT2D eigenvalue weighted by molar-refractivity contribution is 0.663. The van der Waals surface area contributed by atoms with E-state index in [1.54, 1.807) is 18.2 Å². The molecule has 1 saturated heterocycles. The lowest BCUT2D eigenvalue weighted by Gasteiger charge is -2.18. The molecule has 0 atom stereocenters. The predicted octanol–water partition coefficient (Wildman–Crippen LogP) is 3.50. The molecule has 1 aliphatic rings. The second kappa shape index (κ2) is 3.72. The van der Waals surface area contributed by atoms with E-state index < -0.39 is 9.73 Å². The van der Waals surface area contributed by atoms with Crippen LogP contribution in [-0.2, 0) is 9.73 Å². The lowest BCUT2D eigenvalue weighted by atomic mass is 10.3. The first-order valence-electron chi connectivity index (χ1n) is 4.27. The van der Waals surface area contributed by atoms with Gasteiger partial charge in [0.15, 0.2) is 0 Å². The zero-order valence-electron chi connectivity index (χ0n) is 7.37. The van der Waals surface area contributed by atoms with Crippen LogP contribution in [0, 0.1) is 0 Å². The normalized spacial score (nSPS) is 18.7. The van der Waals surface area contributed by atoms with Crippen molar-refractivity contribution in [2.45, 2.75) is 6.42 Å². The molecule has 1 aromatic carbocycles. The zero-order chi connectivity index (χ0) is 10.2. The van der Waals surface area contributed by atoms with E-state index >= 15 is 0 Å². The van der Waals surface area contributed by atoms with Gasteiger partial charge < -0.3 is 0 Å². The van der Waals surface area contributed by atoms with Crippen molar-refractivity contribution in [2.24, 2.45) is 4.36 Å². The monoisotopic (exact) mass is 249 g/mol. The summed E-state index contributed by atoms with van der Waals surface area (Å²) in [6.45, 7) is 0. The maximum Gasteiger partial charge on any atom is 0.0931 e. The topological polar surface area (TPSA) is 29.4 Å². The van der Waals surface area contributed by atoms with E-state index in [1.165, 1.54) is 0 Å². The van der Waals surface area contributed by atoms with Crippen LogP contribution in [0.3, 0.4) is 0 Å². The molecule has 0 aliphatic carbocycles. The average molecular weight is 250 g/mol. The maximum absolute atomic E-state index is 11.8. The van der Waals surface area contributed by atoms with Crippen LogP contribution in [-0.4, -0.2) is 15.7 Å². The molecule has 1 fully saturated rings. The Labute approximate surface area is 93.4 Å².